The molecule has 1 fully saturated rings. The van der Waals surface area contributed by atoms with E-state index in [4.69, 9.17) is 4.74 Å². The lowest BCUT2D eigenvalue weighted by molar-refractivity contribution is -0.166. The van der Waals surface area contributed by atoms with E-state index in [-0.39, 0.29) is 24.3 Å². The Labute approximate surface area is 173 Å². The highest BCUT2D eigenvalue weighted by atomic mass is 16.5. The lowest BCUT2D eigenvalue weighted by Gasteiger charge is -2.41. The van der Waals surface area contributed by atoms with E-state index < -0.39 is 5.60 Å². The minimum Gasteiger partial charge on any atom is -0.361 e. The van der Waals surface area contributed by atoms with Gasteiger partial charge in [0.05, 0.1) is 13.2 Å². The zero-order chi connectivity index (χ0) is 20.9. The van der Waals surface area contributed by atoms with Crippen LogP contribution >= 0.6 is 0 Å². The second-order valence-corrected chi connectivity index (χ2v) is 8.08. The smallest absolute Gasteiger partial charge is 0.254 e. The summed E-state index contributed by atoms with van der Waals surface area (Å²) in [5.74, 6) is 0.168. The molecule has 0 saturated carbocycles. The fourth-order valence-electron chi connectivity index (χ4n) is 3.85. The molecule has 0 spiro atoms. The summed E-state index contributed by atoms with van der Waals surface area (Å²) >= 11 is 0. The van der Waals surface area contributed by atoms with Crippen LogP contribution in [-0.2, 0) is 20.7 Å². The third-order valence-corrected chi connectivity index (χ3v) is 5.29. The van der Waals surface area contributed by atoms with E-state index in [1.807, 2.05) is 44.2 Å². The molecular formula is C24H30N2O3. The van der Waals surface area contributed by atoms with Crippen LogP contribution in [-0.4, -0.2) is 49.1 Å². The standard InChI is InChI=1S/C24H30N2O3/c1-18(2)14-22(27)26-12-13-29-24(17-26,23(28)25-3)16-19-8-7-11-21(15-19)20-9-5-4-6-10-20/h4-11,15,18H,12-14,16-17H2,1-3H3,(H,25,28). The summed E-state index contributed by atoms with van der Waals surface area (Å²) in [5, 5.41) is 2.74. The van der Waals surface area contributed by atoms with E-state index in [9.17, 15) is 9.59 Å². The average molecular weight is 395 g/mol. The minimum absolute atomic E-state index is 0.0783. The number of ether oxygens (including phenoxy) is 1. The van der Waals surface area contributed by atoms with Gasteiger partial charge in [-0.05, 0) is 22.6 Å². The first-order valence-electron chi connectivity index (χ1n) is 10.2. The molecule has 5 nitrogen and oxygen atoms in total. The van der Waals surface area contributed by atoms with Gasteiger partial charge in [0.25, 0.3) is 5.91 Å². The molecule has 1 aliphatic heterocycles. The Balaban J connectivity index is 1.86. The van der Waals surface area contributed by atoms with E-state index in [0.29, 0.717) is 26.0 Å². The first-order valence-corrected chi connectivity index (χ1v) is 10.2. The van der Waals surface area contributed by atoms with Gasteiger partial charge in [0.1, 0.15) is 0 Å². The first-order chi connectivity index (χ1) is 13.9. The van der Waals surface area contributed by atoms with Crippen LogP contribution in [0.15, 0.2) is 54.6 Å². The quantitative estimate of drug-likeness (QED) is 0.818. The summed E-state index contributed by atoms with van der Waals surface area (Å²) in [6, 6.07) is 18.3. The predicted molar refractivity (Wildman–Crippen MR) is 114 cm³/mol. The average Bonchev–Trinajstić information content (AvgIpc) is 2.73. The number of carbonyl (C=O) groups is 2. The van der Waals surface area contributed by atoms with Gasteiger partial charge in [0.15, 0.2) is 5.60 Å². The number of benzene rings is 2. The van der Waals surface area contributed by atoms with E-state index >= 15 is 0 Å². The molecule has 1 N–H and O–H groups in total. The topological polar surface area (TPSA) is 58.6 Å². The number of morpholine rings is 1. The maximum Gasteiger partial charge on any atom is 0.254 e. The summed E-state index contributed by atoms with van der Waals surface area (Å²) in [6.07, 6.45) is 0.895. The third-order valence-electron chi connectivity index (χ3n) is 5.29. The molecule has 1 unspecified atom stereocenters. The molecule has 29 heavy (non-hydrogen) atoms. The van der Waals surface area contributed by atoms with Crippen LogP contribution in [0.1, 0.15) is 25.8 Å². The molecule has 0 bridgehead atoms. The lowest BCUT2D eigenvalue weighted by Crippen LogP contribution is -2.61. The van der Waals surface area contributed by atoms with Crippen molar-refractivity contribution in [3.63, 3.8) is 0 Å². The number of hydrogen-bond acceptors (Lipinski definition) is 3. The van der Waals surface area contributed by atoms with Gasteiger partial charge >= 0.3 is 0 Å². The van der Waals surface area contributed by atoms with E-state index in [2.05, 4.69) is 29.6 Å². The summed E-state index contributed by atoms with van der Waals surface area (Å²) < 4.78 is 6.05. The Morgan fingerprint density at radius 1 is 1.10 bits per heavy atom. The number of nitrogens with one attached hydrogen (secondary N) is 1. The van der Waals surface area contributed by atoms with Gasteiger partial charge in [-0.25, -0.2) is 0 Å². The van der Waals surface area contributed by atoms with Crippen LogP contribution in [0.2, 0.25) is 0 Å². The fourth-order valence-corrected chi connectivity index (χ4v) is 3.85. The number of hydrogen-bond donors (Lipinski definition) is 1. The molecule has 3 rings (SSSR count). The maximum absolute atomic E-state index is 12.9. The molecule has 0 radical (unpaired) electrons. The van der Waals surface area contributed by atoms with Gasteiger partial charge in [-0.1, -0.05) is 68.4 Å². The molecule has 1 atom stereocenters. The molecule has 0 aromatic heterocycles. The van der Waals surface area contributed by atoms with Crippen molar-refractivity contribution in [2.24, 2.45) is 5.92 Å². The number of amides is 2. The van der Waals surface area contributed by atoms with Crippen molar-refractivity contribution in [1.29, 1.82) is 0 Å². The van der Waals surface area contributed by atoms with Crippen molar-refractivity contribution in [3.8, 4) is 11.1 Å². The zero-order valence-electron chi connectivity index (χ0n) is 17.5. The SMILES string of the molecule is CNC(=O)C1(Cc2cccc(-c3ccccc3)c2)CN(C(=O)CC(C)C)CCO1. The molecule has 154 valence electrons. The van der Waals surface area contributed by atoms with Crippen molar-refractivity contribution < 1.29 is 14.3 Å². The van der Waals surface area contributed by atoms with Crippen LogP contribution in [0.3, 0.4) is 0 Å². The molecule has 1 heterocycles. The number of nitrogens with zero attached hydrogens (tertiary/aromatic N) is 1. The Kier molecular flexibility index (Phi) is 6.70. The van der Waals surface area contributed by atoms with Crippen molar-refractivity contribution in [2.45, 2.75) is 32.3 Å². The number of likely N-dealkylation sites (N-methyl/N-ethyl adjacent to an activating group) is 1. The highest BCUT2D eigenvalue weighted by Gasteiger charge is 2.44. The second kappa shape index (κ2) is 9.23. The largest absolute Gasteiger partial charge is 0.361 e. The Morgan fingerprint density at radius 3 is 2.52 bits per heavy atom. The molecule has 2 aromatic rings. The van der Waals surface area contributed by atoms with Crippen molar-refractivity contribution in [2.75, 3.05) is 26.7 Å². The third kappa shape index (κ3) is 5.04. The first kappa shape index (κ1) is 21.1. The van der Waals surface area contributed by atoms with Crippen molar-refractivity contribution in [3.05, 3.63) is 60.2 Å². The van der Waals surface area contributed by atoms with Crippen LogP contribution in [0.5, 0.6) is 0 Å². The van der Waals surface area contributed by atoms with Crippen LogP contribution in [0.4, 0.5) is 0 Å². The highest BCUT2D eigenvalue weighted by molar-refractivity contribution is 5.87. The number of rotatable bonds is 6. The monoisotopic (exact) mass is 394 g/mol. The van der Waals surface area contributed by atoms with Gasteiger partial charge < -0.3 is 15.0 Å². The Morgan fingerprint density at radius 2 is 1.83 bits per heavy atom. The molecule has 1 aliphatic rings. The summed E-state index contributed by atoms with van der Waals surface area (Å²) in [5.41, 5.74) is 2.16. The summed E-state index contributed by atoms with van der Waals surface area (Å²) in [6.45, 7) is 5.20. The van der Waals surface area contributed by atoms with Gasteiger partial charge in [-0.2, -0.15) is 0 Å². The molecule has 2 aromatic carbocycles. The van der Waals surface area contributed by atoms with Crippen molar-refractivity contribution >= 4 is 11.8 Å². The summed E-state index contributed by atoms with van der Waals surface area (Å²) in [7, 11) is 1.61. The van der Waals surface area contributed by atoms with Crippen LogP contribution in [0.25, 0.3) is 11.1 Å². The molecular weight excluding hydrogens is 364 g/mol. The Bertz CT molecular complexity index is 850. The van der Waals surface area contributed by atoms with Gasteiger partial charge in [-0.15, -0.1) is 0 Å². The molecule has 5 heteroatoms. The fraction of sp³-hybridized carbons (Fsp3) is 0.417. The number of carbonyl (C=O) groups excluding carboxylic acids is 2. The molecule has 2 amide bonds. The van der Waals surface area contributed by atoms with E-state index in [1.54, 1.807) is 11.9 Å². The van der Waals surface area contributed by atoms with Crippen LogP contribution in [0, 0.1) is 5.92 Å². The van der Waals surface area contributed by atoms with Crippen LogP contribution < -0.4 is 5.32 Å². The lowest BCUT2D eigenvalue weighted by atomic mass is 9.89. The minimum atomic E-state index is -1.07. The van der Waals surface area contributed by atoms with E-state index in [0.717, 1.165) is 16.7 Å². The zero-order valence-corrected chi connectivity index (χ0v) is 17.5. The Hall–Kier alpha value is -2.66. The van der Waals surface area contributed by atoms with Gasteiger partial charge in [0.2, 0.25) is 5.91 Å². The van der Waals surface area contributed by atoms with E-state index in [1.165, 1.54) is 0 Å². The predicted octanol–water partition coefficient (Wildman–Crippen LogP) is 3.29. The second-order valence-electron chi connectivity index (χ2n) is 8.08. The normalized spacial score (nSPS) is 19.2. The van der Waals surface area contributed by atoms with Gasteiger partial charge in [0, 0.05) is 26.4 Å². The molecule has 0 aliphatic carbocycles. The maximum atomic E-state index is 12.9. The van der Waals surface area contributed by atoms with Gasteiger partial charge in [-0.3, -0.25) is 9.59 Å². The summed E-state index contributed by atoms with van der Waals surface area (Å²) in [4.78, 5) is 27.3. The molecule has 1 saturated heterocycles. The highest BCUT2D eigenvalue weighted by Crippen LogP contribution is 2.27. The van der Waals surface area contributed by atoms with Crippen molar-refractivity contribution in [1.82, 2.24) is 10.2 Å².